The fourth-order valence-electron chi connectivity index (χ4n) is 2.88. The molecule has 2 nitrogen and oxygen atoms in total. The van der Waals surface area contributed by atoms with E-state index in [1.807, 2.05) is 6.07 Å². The molecule has 3 N–H and O–H groups in total. The molecule has 0 bridgehead atoms. The predicted octanol–water partition coefficient (Wildman–Crippen LogP) is 2.86. The number of thiophene rings is 1. The third kappa shape index (κ3) is 2.04. The lowest BCUT2D eigenvalue weighted by Gasteiger charge is -2.32. The van der Waals surface area contributed by atoms with Crippen molar-refractivity contribution in [3.05, 3.63) is 21.9 Å². The molecule has 1 heterocycles. The molecule has 0 aliphatic heterocycles. The van der Waals surface area contributed by atoms with Gasteiger partial charge in [0.25, 0.3) is 0 Å². The fourth-order valence-corrected chi connectivity index (χ4v) is 3.89. The van der Waals surface area contributed by atoms with Crippen molar-refractivity contribution in [2.75, 3.05) is 6.54 Å². The van der Waals surface area contributed by atoms with Gasteiger partial charge in [0.2, 0.25) is 0 Å². The topological polar surface area (TPSA) is 46.2 Å². The molecule has 0 spiro atoms. The Morgan fingerprint density at radius 1 is 1.62 bits per heavy atom. The molecule has 1 aromatic rings. The van der Waals surface area contributed by atoms with Gasteiger partial charge in [0.1, 0.15) is 0 Å². The summed E-state index contributed by atoms with van der Waals surface area (Å²) in [6.07, 6.45) is 2.93. The Balaban J connectivity index is 2.22. The van der Waals surface area contributed by atoms with Gasteiger partial charge in [0, 0.05) is 21.7 Å². The third-order valence-corrected chi connectivity index (χ3v) is 4.96. The number of aliphatic hydroxyl groups excluding tert-OH is 1. The number of nitrogens with two attached hydrogens (primary N) is 1. The molecule has 0 saturated heterocycles. The summed E-state index contributed by atoms with van der Waals surface area (Å²) in [5.74, 6) is 0.694. The third-order valence-electron chi connectivity index (χ3n) is 3.91. The van der Waals surface area contributed by atoms with Crippen LogP contribution in [0.3, 0.4) is 0 Å². The Morgan fingerprint density at radius 3 is 2.81 bits per heavy atom. The molecule has 1 aromatic heterocycles. The van der Waals surface area contributed by atoms with Crippen molar-refractivity contribution in [2.24, 2.45) is 17.1 Å². The summed E-state index contributed by atoms with van der Waals surface area (Å²) in [5, 5.41) is 10.5. The molecule has 0 amide bonds. The summed E-state index contributed by atoms with van der Waals surface area (Å²) in [6, 6.07) is 4.12. The first-order valence-electron chi connectivity index (χ1n) is 6.02. The van der Waals surface area contributed by atoms with E-state index in [-0.39, 0.29) is 11.5 Å². The van der Waals surface area contributed by atoms with Crippen LogP contribution in [0.2, 0.25) is 0 Å². The highest BCUT2D eigenvalue weighted by Gasteiger charge is 2.43. The van der Waals surface area contributed by atoms with E-state index in [0.717, 1.165) is 17.7 Å². The molecular formula is C13H21NOS. The maximum atomic E-state index is 10.5. The Bertz CT molecular complexity index is 363. The van der Waals surface area contributed by atoms with Crippen molar-refractivity contribution < 1.29 is 5.11 Å². The average Bonchev–Trinajstić information content (AvgIpc) is 2.85. The number of rotatable bonds is 3. The van der Waals surface area contributed by atoms with E-state index in [9.17, 15) is 5.11 Å². The minimum absolute atomic E-state index is 0.0727. The molecule has 2 rings (SSSR count). The second-order valence-corrected chi connectivity index (χ2v) is 6.58. The van der Waals surface area contributed by atoms with Crippen LogP contribution in [-0.2, 0) is 0 Å². The van der Waals surface area contributed by atoms with Crippen LogP contribution in [0.25, 0.3) is 0 Å². The van der Waals surface area contributed by atoms with E-state index in [1.165, 1.54) is 11.3 Å². The molecule has 0 radical (unpaired) electrons. The van der Waals surface area contributed by atoms with Crippen molar-refractivity contribution in [2.45, 2.75) is 39.2 Å². The van der Waals surface area contributed by atoms with Gasteiger partial charge in [-0.05, 0) is 37.8 Å². The Kier molecular flexibility index (Phi) is 3.38. The largest absolute Gasteiger partial charge is 0.387 e. The van der Waals surface area contributed by atoms with Crippen molar-refractivity contribution >= 4 is 11.3 Å². The number of aryl methyl sites for hydroxylation is 1. The van der Waals surface area contributed by atoms with Crippen LogP contribution >= 0.6 is 11.3 Å². The SMILES string of the molecule is Cc1ccc(C(O)C2(CN)CCC(C)C2)s1. The highest BCUT2D eigenvalue weighted by Crippen LogP contribution is 2.50. The van der Waals surface area contributed by atoms with Gasteiger partial charge in [-0.3, -0.25) is 0 Å². The Labute approximate surface area is 101 Å². The Morgan fingerprint density at radius 2 is 2.38 bits per heavy atom. The van der Waals surface area contributed by atoms with Gasteiger partial charge in [-0.15, -0.1) is 11.3 Å². The van der Waals surface area contributed by atoms with Crippen molar-refractivity contribution in [1.82, 2.24) is 0 Å². The maximum Gasteiger partial charge on any atom is 0.0950 e. The van der Waals surface area contributed by atoms with Gasteiger partial charge < -0.3 is 10.8 Å². The minimum Gasteiger partial charge on any atom is -0.387 e. The highest BCUT2D eigenvalue weighted by atomic mass is 32.1. The van der Waals surface area contributed by atoms with Crippen LogP contribution in [0.1, 0.15) is 42.0 Å². The summed E-state index contributed by atoms with van der Waals surface area (Å²) in [6.45, 7) is 4.92. The molecule has 0 aromatic carbocycles. The van der Waals surface area contributed by atoms with E-state index < -0.39 is 0 Å². The van der Waals surface area contributed by atoms with Gasteiger partial charge in [-0.1, -0.05) is 13.3 Å². The lowest BCUT2D eigenvalue weighted by molar-refractivity contribution is 0.0336. The van der Waals surface area contributed by atoms with Gasteiger partial charge >= 0.3 is 0 Å². The van der Waals surface area contributed by atoms with Crippen molar-refractivity contribution in [3.63, 3.8) is 0 Å². The number of hydrogen-bond donors (Lipinski definition) is 2. The zero-order chi connectivity index (χ0) is 11.8. The van der Waals surface area contributed by atoms with Crippen LogP contribution in [0.15, 0.2) is 12.1 Å². The van der Waals surface area contributed by atoms with E-state index in [2.05, 4.69) is 19.9 Å². The molecular weight excluding hydrogens is 218 g/mol. The van der Waals surface area contributed by atoms with E-state index in [0.29, 0.717) is 12.5 Å². The second kappa shape index (κ2) is 4.47. The molecule has 1 aliphatic rings. The minimum atomic E-state index is -0.374. The summed E-state index contributed by atoms with van der Waals surface area (Å²) in [5.41, 5.74) is 5.85. The first-order valence-corrected chi connectivity index (χ1v) is 6.83. The molecule has 90 valence electrons. The van der Waals surface area contributed by atoms with Gasteiger partial charge in [0.05, 0.1) is 6.10 Å². The van der Waals surface area contributed by atoms with Gasteiger partial charge in [0.15, 0.2) is 0 Å². The maximum absolute atomic E-state index is 10.5. The normalized spacial score (nSPS) is 31.9. The van der Waals surface area contributed by atoms with Crippen LogP contribution < -0.4 is 5.73 Å². The fraction of sp³-hybridized carbons (Fsp3) is 0.692. The van der Waals surface area contributed by atoms with E-state index >= 15 is 0 Å². The molecule has 3 heteroatoms. The summed E-state index contributed by atoms with van der Waals surface area (Å²) in [7, 11) is 0. The number of aliphatic hydroxyl groups is 1. The first kappa shape index (κ1) is 12.1. The predicted molar refractivity (Wildman–Crippen MR) is 68.5 cm³/mol. The van der Waals surface area contributed by atoms with Crippen molar-refractivity contribution in [1.29, 1.82) is 0 Å². The van der Waals surface area contributed by atoms with E-state index in [1.54, 1.807) is 11.3 Å². The molecule has 3 atom stereocenters. The summed E-state index contributed by atoms with van der Waals surface area (Å²) >= 11 is 1.69. The van der Waals surface area contributed by atoms with Crippen LogP contribution in [0.5, 0.6) is 0 Å². The molecule has 3 unspecified atom stereocenters. The average molecular weight is 239 g/mol. The lowest BCUT2D eigenvalue weighted by atomic mass is 9.79. The first-order chi connectivity index (χ1) is 7.57. The zero-order valence-electron chi connectivity index (χ0n) is 10.1. The quantitative estimate of drug-likeness (QED) is 0.852. The Hall–Kier alpha value is -0.380. The molecule has 1 fully saturated rings. The number of hydrogen-bond acceptors (Lipinski definition) is 3. The lowest BCUT2D eigenvalue weighted by Crippen LogP contribution is -2.34. The monoisotopic (exact) mass is 239 g/mol. The van der Waals surface area contributed by atoms with Gasteiger partial charge in [-0.2, -0.15) is 0 Å². The highest BCUT2D eigenvalue weighted by molar-refractivity contribution is 7.12. The second-order valence-electron chi connectivity index (χ2n) is 5.27. The molecule has 16 heavy (non-hydrogen) atoms. The van der Waals surface area contributed by atoms with Crippen molar-refractivity contribution in [3.8, 4) is 0 Å². The van der Waals surface area contributed by atoms with Crippen LogP contribution in [0.4, 0.5) is 0 Å². The van der Waals surface area contributed by atoms with Crippen LogP contribution in [-0.4, -0.2) is 11.7 Å². The summed E-state index contributed by atoms with van der Waals surface area (Å²) < 4.78 is 0. The standard InChI is InChI=1S/C13H21NOS/c1-9-5-6-13(7-9,8-14)12(15)11-4-3-10(2)16-11/h3-4,9,12,15H,5-8,14H2,1-2H3. The molecule has 1 saturated carbocycles. The van der Waals surface area contributed by atoms with Gasteiger partial charge in [-0.25, -0.2) is 0 Å². The van der Waals surface area contributed by atoms with Crippen LogP contribution in [0, 0.1) is 18.3 Å². The molecule has 1 aliphatic carbocycles. The van der Waals surface area contributed by atoms with E-state index in [4.69, 9.17) is 5.73 Å². The smallest absolute Gasteiger partial charge is 0.0950 e. The zero-order valence-corrected chi connectivity index (χ0v) is 10.9. The summed E-state index contributed by atoms with van der Waals surface area (Å²) in [4.78, 5) is 2.34.